The van der Waals surface area contributed by atoms with Crippen molar-refractivity contribution in [1.29, 1.82) is 0 Å². The second kappa shape index (κ2) is 8.53. The lowest BCUT2D eigenvalue weighted by Gasteiger charge is -2.22. The van der Waals surface area contributed by atoms with Gasteiger partial charge in [-0.3, -0.25) is 9.59 Å². The summed E-state index contributed by atoms with van der Waals surface area (Å²) in [7, 11) is 0. The first-order valence-corrected chi connectivity index (χ1v) is 9.28. The molecule has 26 heavy (non-hydrogen) atoms. The van der Waals surface area contributed by atoms with E-state index in [-0.39, 0.29) is 18.1 Å². The monoisotopic (exact) mass is 368 g/mol. The molecule has 7 heteroatoms. The molecule has 2 aromatic carbocycles. The molecule has 0 aliphatic heterocycles. The van der Waals surface area contributed by atoms with Crippen LogP contribution in [0.25, 0.3) is 11.0 Å². The van der Waals surface area contributed by atoms with E-state index in [9.17, 15) is 9.59 Å². The molecule has 0 radical (unpaired) electrons. The van der Waals surface area contributed by atoms with Gasteiger partial charge in [0.15, 0.2) is 5.16 Å². The van der Waals surface area contributed by atoms with Crippen molar-refractivity contribution in [3.05, 3.63) is 60.2 Å². The number of nitrogens with zero attached hydrogens (tertiary/aromatic N) is 2. The average molecular weight is 368 g/mol. The minimum absolute atomic E-state index is 0.0550. The number of thioether (sulfide) groups is 1. The molecule has 0 aliphatic carbocycles. The van der Waals surface area contributed by atoms with Gasteiger partial charge in [0.05, 0.1) is 16.8 Å². The van der Waals surface area contributed by atoms with Gasteiger partial charge in [-0.05, 0) is 17.7 Å². The number of para-hydroxylation sites is 2. The minimum atomic E-state index is -0.416. The van der Waals surface area contributed by atoms with Crippen LogP contribution in [0.15, 0.2) is 59.8 Å². The lowest BCUT2D eigenvalue weighted by atomic mass is 10.2. The van der Waals surface area contributed by atoms with E-state index in [1.807, 2.05) is 54.6 Å². The fourth-order valence-corrected chi connectivity index (χ4v) is 3.35. The number of rotatable bonds is 8. The van der Waals surface area contributed by atoms with Crippen molar-refractivity contribution in [2.45, 2.75) is 18.1 Å². The zero-order valence-electron chi connectivity index (χ0n) is 14.2. The third kappa shape index (κ3) is 4.86. The van der Waals surface area contributed by atoms with Crippen LogP contribution in [-0.2, 0) is 16.1 Å². The lowest BCUT2D eigenvalue weighted by Crippen LogP contribution is -2.34. The maximum Gasteiger partial charge on any atom is 0.233 e. The number of aromatic nitrogens is 2. The maximum atomic E-state index is 12.7. The molecule has 6 nitrogen and oxygen atoms in total. The van der Waals surface area contributed by atoms with Crippen molar-refractivity contribution in [2.75, 3.05) is 12.3 Å². The molecule has 0 fully saturated rings. The van der Waals surface area contributed by atoms with E-state index < -0.39 is 5.91 Å². The van der Waals surface area contributed by atoms with Crippen molar-refractivity contribution >= 4 is 34.6 Å². The Labute approximate surface area is 155 Å². The molecule has 3 N–H and O–H groups in total. The van der Waals surface area contributed by atoms with Crippen LogP contribution in [0.5, 0.6) is 0 Å². The van der Waals surface area contributed by atoms with Gasteiger partial charge < -0.3 is 15.6 Å². The summed E-state index contributed by atoms with van der Waals surface area (Å²) >= 11 is 1.35. The zero-order valence-corrected chi connectivity index (χ0v) is 15.0. The van der Waals surface area contributed by atoms with Crippen LogP contribution in [0, 0.1) is 0 Å². The highest BCUT2D eigenvalue weighted by molar-refractivity contribution is 7.99. The molecular formula is C19H20N4O2S. The molecule has 1 heterocycles. The molecule has 0 unspecified atom stereocenters. The molecule has 0 bridgehead atoms. The minimum Gasteiger partial charge on any atom is -0.370 e. The Morgan fingerprint density at radius 1 is 1.08 bits per heavy atom. The summed E-state index contributed by atoms with van der Waals surface area (Å²) in [6.45, 7) is 0.761. The number of carbonyl (C=O) groups excluding carboxylic acids is 2. The number of carbonyl (C=O) groups is 2. The van der Waals surface area contributed by atoms with Gasteiger partial charge >= 0.3 is 0 Å². The molecule has 0 saturated heterocycles. The van der Waals surface area contributed by atoms with Gasteiger partial charge in [-0.15, -0.1) is 0 Å². The SMILES string of the molecule is NC(=O)CCN(Cc1ccccc1)C(=O)CSc1nc2ccccc2[nH]1. The second-order valence-electron chi connectivity index (χ2n) is 5.86. The topological polar surface area (TPSA) is 92.1 Å². The van der Waals surface area contributed by atoms with E-state index in [1.54, 1.807) is 4.90 Å². The van der Waals surface area contributed by atoms with Gasteiger partial charge in [-0.1, -0.05) is 54.2 Å². The molecule has 0 saturated carbocycles. The number of fused-ring (bicyclic) bond motifs is 1. The third-order valence-corrected chi connectivity index (χ3v) is 4.76. The lowest BCUT2D eigenvalue weighted by molar-refractivity contribution is -0.129. The number of nitrogens with one attached hydrogen (secondary N) is 1. The van der Waals surface area contributed by atoms with Crippen molar-refractivity contribution in [1.82, 2.24) is 14.9 Å². The number of imidazole rings is 1. The first-order valence-electron chi connectivity index (χ1n) is 8.29. The van der Waals surface area contributed by atoms with E-state index in [0.29, 0.717) is 18.2 Å². The van der Waals surface area contributed by atoms with Crippen molar-refractivity contribution < 1.29 is 9.59 Å². The first kappa shape index (κ1) is 18.0. The van der Waals surface area contributed by atoms with Gasteiger partial charge in [-0.25, -0.2) is 4.98 Å². The Bertz CT molecular complexity index is 862. The molecule has 1 aromatic heterocycles. The summed E-state index contributed by atoms with van der Waals surface area (Å²) in [5, 5.41) is 0.703. The molecule has 2 amide bonds. The van der Waals surface area contributed by atoms with E-state index in [2.05, 4.69) is 9.97 Å². The van der Waals surface area contributed by atoms with Crippen LogP contribution in [-0.4, -0.2) is 39.0 Å². The van der Waals surface area contributed by atoms with E-state index in [0.717, 1.165) is 16.6 Å². The molecule has 3 rings (SSSR count). The number of hydrogen-bond donors (Lipinski definition) is 2. The van der Waals surface area contributed by atoms with Gasteiger partial charge in [-0.2, -0.15) is 0 Å². The maximum absolute atomic E-state index is 12.7. The Hall–Kier alpha value is -2.80. The number of hydrogen-bond acceptors (Lipinski definition) is 4. The van der Waals surface area contributed by atoms with Gasteiger partial charge in [0.25, 0.3) is 0 Å². The van der Waals surface area contributed by atoms with Crippen LogP contribution in [0.2, 0.25) is 0 Å². The van der Waals surface area contributed by atoms with Crippen LogP contribution < -0.4 is 5.73 Å². The van der Waals surface area contributed by atoms with Crippen LogP contribution >= 0.6 is 11.8 Å². The van der Waals surface area contributed by atoms with E-state index in [4.69, 9.17) is 5.73 Å². The predicted octanol–water partition coefficient (Wildman–Crippen LogP) is 2.56. The smallest absolute Gasteiger partial charge is 0.233 e. The number of amides is 2. The average Bonchev–Trinajstić information content (AvgIpc) is 3.07. The Morgan fingerprint density at radius 3 is 2.54 bits per heavy atom. The van der Waals surface area contributed by atoms with Gasteiger partial charge in [0.2, 0.25) is 11.8 Å². The standard InChI is InChI=1S/C19H20N4O2S/c20-17(24)10-11-23(12-14-6-2-1-3-7-14)18(25)13-26-19-21-15-8-4-5-9-16(15)22-19/h1-9H,10-13H2,(H2,20,24)(H,21,22). The van der Waals surface area contributed by atoms with E-state index in [1.165, 1.54) is 11.8 Å². The van der Waals surface area contributed by atoms with Crippen LogP contribution in [0.1, 0.15) is 12.0 Å². The summed E-state index contributed by atoms with van der Waals surface area (Å²) in [6, 6.07) is 17.4. The van der Waals surface area contributed by atoms with Crippen molar-refractivity contribution in [2.24, 2.45) is 5.73 Å². The zero-order chi connectivity index (χ0) is 18.4. The highest BCUT2D eigenvalue weighted by Crippen LogP contribution is 2.20. The number of aromatic amines is 1. The van der Waals surface area contributed by atoms with Gasteiger partial charge in [0.1, 0.15) is 0 Å². The van der Waals surface area contributed by atoms with E-state index >= 15 is 0 Å². The largest absolute Gasteiger partial charge is 0.370 e. The third-order valence-electron chi connectivity index (χ3n) is 3.90. The Kier molecular flexibility index (Phi) is 5.91. The summed E-state index contributed by atoms with van der Waals surface area (Å²) in [5.74, 6) is -0.229. The molecule has 0 aliphatic rings. The summed E-state index contributed by atoms with van der Waals surface area (Å²) in [4.78, 5) is 33.1. The Morgan fingerprint density at radius 2 is 1.81 bits per heavy atom. The Balaban J connectivity index is 1.64. The fraction of sp³-hybridized carbons (Fsp3) is 0.211. The molecule has 134 valence electrons. The highest BCUT2D eigenvalue weighted by atomic mass is 32.2. The van der Waals surface area contributed by atoms with Crippen molar-refractivity contribution in [3.63, 3.8) is 0 Å². The molecule has 0 atom stereocenters. The molecule has 0 spiro atoms. The summed E-state index contributed by atoms with van der Waals surface area (Å²) < 4.78 is 0. The molecular weight excluding hydrogens is 348 g/mol. The quantitative estimate of drug-likeness (QED) is 0.598. The second-order valence-corrected chi connectivity index (χ2v) is 6.83. The number of H-pyrrole nitrogens is 1. The van der Waals surface area contributed by atoms with Gasteiger partial charge in [0, 0.05) is 19.5 Å². The number of primary amides is 1. The molecule has 3 aromatic rings. The number of nitrogens with two attached hydrogens (primary N) is 1. The summed E-state index contributed by atoms with van der Waals surface area (Å²) in [6.07, 6.45) is 0.147. The highest BCUT2D eigenvalue weighted by Gasteiger charge is 2.16. The first-order chi connectivity index (χ1) is 12.6. The summed E-state index contributed by atoms with van der Waals surface area (Å²) in [5.41, 5.74) is 8.07. The van der Waals surface area contributed by atoms with Crippen LogP contribution in [0.3, 0.4) is 0 Å². The van der Waals surface area contributed by atoms with Crippen molar-refractivity contribution in [3.8, 4) is 0 Å². The normalized spacial score (nSPS) is 10.8. The van der Waals surface area contributed by atoms with Crippen LogP contribution in [0.4, 0.5) is 0 Å². The predicted molar refractivity (Wildman–Crippen MR) is 102 cm³/mol. The fourth-order valence-electron chi connectivity index (χ4n) is 2.56. The number of benzene rings is 2.